The van der Waals surface area contributed by atoms with Gasteiger partial charge in [-0.3, -0.25) is 0 Å². The highest BCUT2D eigenvalue weighted by Crippen LogP contribution is 2.37. The molecule has 0 aliphatic rings. The monoisotopic (exact) mass is 275 g/mol. The van der Waals surface area contributed by atoms with Crippen LogP contribution < -0.4 is 10.5 Å². The molecule has 1 aromatic heterocycles. The fraction of sp³-hybridized carbons (Fsp3) is 0.529. The number of hydrogen-bond donors (Lipinski definition) is 1. The minimum absolute atomic E-state index is 0.0101. The Kier molecular flexibility index (Phi) is 3.83. The molecule has 1 atom stereocenters. The summed E-state index contributed by atoms with van der Waals surface area (Å²) >= 11 is 0. The normalized spacial score (nSPS) is 14.0. The van der Waals surface area contributed by atoms with Crippen LogP contribution in [0.5, 0.6) is 5.75 Å². The fourth-order valence-corrected chi connectivity index (χ4v) is 2.31. The van der Waals surface area contributed by atoms with Gasteiger partial charge in [0.1, 0.15) is 17.1 Å². The van der Waals surface area contributed by atoms with E-state index in [0.29, 0.717) is 5.92 Å². The quantitative estimate of drug-likeness (QED) is 0.903. The molecule has 0 fully saturated rings. The van der Waals surface area contributed by atoms with Crippen LogP contribution >= 0.6 is 0 Å². The topological polar surface area (TPSA) is 48.4 Å². The molecule has 2 rings (SSSR count). The summed E-state index contributed by atoms with van der Waals surface area (Å²) in [4.78, 5) is 0. The Morgan fingerprint density at radius 3 is 2.30 bits per heavy atom. The molecule has 0 aliphatic carbocycles. The zero-order chi connectivity index (χ0) is 15.1. The largest absolute Gasteiger partial charge is 0.497 e. The Bertz CT molecular complexity index is 605. The van der Waals surface area contributed by atoms with Crippen LogP contribution in [0.3, 0.4) is 0 Å². The molecule has 0 aliphatic heterocycles. The molecule has 2 aromatic rings. The lowest BCUT2D eigenvalue weighted by Gasteiger charge is -2.20. The minimum Gasteiger partial charge on any atom is -0.497 e. The molecule has 0 radical (unpaired) electrons. The van der Waals surface area contributed by atoms with Gasteiger partial charge in [0, 0.05) is 10.9 Å². The van der Waals surface area contributed by atoms with Gasteiger partial charge in [0.15, 0.2) is 0 Å². The number of ether oxygens (including phenoxy) is 1. The van der Waals surface area contributed by atoms with Crippen LogP contribution in [0, 0.1) is 5.92 Å². The van der Waals surface area contributed by atoms with E-state index in [1.54, 1.807) is 7.11 Å². The van der Waals surface area contributed by atoms with Gasteiger partial charge >= 0.3 is 0 Å². The van der Waals surface area contributed by atoms with Gasteiger partial charge in [-0.25, -0.2) is 0 Å². The summed E-state index contributed by atoms with van der Waals surface area (Å²) in [5, 5.41) is 1.06. The lowest BCUT2D eigenvalue weighted by atomic mass is 9.86. The lowest BCUT2D eigenvalue weighted by molar-refractivity contribution is 0.409. The average molecular weight is 275 g/mol. The first-order chi connectivity index (χ1) is 9.24. The number of methoxy groups -OCH3 is 1. The zero-order valence-corrected chi connectivity index (χ0v) is 13.3. The van der Waals surface area contributed by atoms with Crippen molar-refractivity contribution in [2.24, 2.45) is 11.7 Å². The molecule has 2 N–H and O–H groups in total. The first-order valence-corrected chi connectivity index (χ1v) is 7.11. The summed E-state index contributed by atoms with van der Waals surface area (Å²) in [6.45, 7) is 10.7. The number of benzene rings is 1. The molecular weight excluding hydrogens is 250 g/mol. The summed E-state index contributed by atoms with van der Waals surface area (Å²) in [5.74, 6) is 2.04. The summed E-state index contributed by atoms with van der Waals surface area (Å²) in [5.41, 5.74) is 8.26. The summed E-state index contributed by atoms with van der Waals surface area (Å²) < 4.78 is 11.5. The van der Waals surface area contributed by atoms with Crippen LogP contribution in [0.2, 0.25) is 0 Å². The van der Waals surface area contributed by atoms with Crippen LogP contribution in [0.25, 0.3) is 11.0 Å². The van der Waals surface area contributed by atoms with Crippen molar-refractivity contribution in [2.75, 3.05) is 7.11 Å². The zero-order valence-electron chi connectivity index (χ0n) is 13.3. The molecule has 1 aromatic carbocycles. The molecule has 1 unspecified atom stereocenters. The van der Waals surface area contributed by atoms with Crippen LogP contribution in [0.1, 0.15) is 52.0 Å². The number of furan rings is 1. The van der Waals surface area contributed by atoms with Crippen molar-refractivity contribution in [1.29, 1.82) is 0 Å². The first-order valence-electron chi connectivity index (χ1n) is 7.11. The highest BCUT2D eigenvalue weighted by Gasteiger charge is 2.23. The van der Waals surface area contributed by atoms with E-state index in [4.69, 9.17) is 14.9 Å². The highest BCUT2D eigenvalue weighted by molar-refractivity contribution is 5.84. The summed E-state index contributed by atoms with van der Waals surface area (Å²) in [6, 6.07) is 6.01. The van der Waals surface area contributed by atoms with E-state index in [1.807, 2.05) is 12.1 Å². The molecule has 3 nitrogen and oxygen atoms in total. The molecule has 110 valence electrons. The van der Waals surface area contributed by atoms with Crippen molar-refractivity contribution < 1.29 is 9.15 Å². The first kappa shape index (κ1) is 14.9. The van der Waals surface area contributed by atoms with E-state index in [0.717, 1.165) is 28.0 Å². The predicted octanol–water partition coefficient (Wildman–Crippen LogP) is 4.39. The van der Waals surface area contributed by atoms with Gasteiger partial charge < -0.3 is 14.9 Å². The van der Waals surface area contributed by atoms with E-state index >= 15 is 0 Å². The third-order valence-corrected chi connectivity index (χ3v) is 3.70. The molecule has 0 bridgehead atoms. The van der Waals surface area contributed by atoms with Gasteiger partial charge in [-0.05, 0) is 29.5 Å². The van der Waals surface area contributed by atoms with Crippen LogP contribution in [0.15, 0.2) is 22.6 Å². The second kappa shape index (κ2) is 5.13. The van der Waals surface area contributed by atoms with Gasteiger partial charge in [-0.2, -0.15) is 0 Å². The van der Waals surface area contributed by atoms with Gasteiger partial charge in [0.2, 0.25) is 0 Å². The molecule has 0 saturated carbocycles. The molecule has 1 heterocycles. The maximum atomic E-state index is 6.21. The maximum Gasteiger partial charge on any atom is 0.138 e. The Morgan fingerprint density at radius 2 is 1.80 bits per heavy atom. The van der Waals surface area contributed by atoms with E-state index in [-0.39, 0.29) is 11.5 Å². The average Bonchev–Trinajstić information content (AvgIpc) is 2.78. The summed E-state index contributed by atoms with van der Waals surface area (Å²) in [7, 11) is 1.69. The summed E-state index contributed by atoms with van der Waals surface area (Å²) in [6.07, 6.45) is 0. The van der Waals surface area contributed by atoms with E-state index < -0.39 is 0 Å². The maximum absolute atomic E-state index is 6.21. The smallest absolute Gasteiger partial charge is 0.138 e. The van der Waals surface area contributed by atoms with Crippen molar-refractivity contribution in [3.63, 3.8) is 0 Å². The van der Waals surface area contributed by atoms with Crippen LogP contribution in [-0.4, -0.2) is 7.11 Å². The van der Waals surface area contributed by atoms with Gasteiger partial charge in [-0.1, -0.05) is 34.6 Å². The molecule has 20 heavy (non-hydrogen) atoms. The van der Waals surface area contributed by atoms with E-state index in [2.05, 4.69) is 40.7 Å². The predicted molar refractivity (Wildman–Crippen MR) is 83.2 cm³/mol. The SMILES string of the molecule is COc1cc(C(C)(C)C)c2oc(C(N)C(C)C)cc2c1. The highest BCUT2D eigenvalue weighted by atomic mass is 16.5. The molecule has 0 spiro atoms. The van der Waals surface area contributed by atoms with Gasteiger partial charge in [0.05, 0.1) is 13.2 Å². The Hall–Kier alpha value is -1.48. The minimum atomic E-state index is -0.0822. The van der Waals surface area contributed by atoms with E-state index in [9.17, 15) is 0 Å². The molecular formula is C17H25NO2. The van der Waals surface area contributed by atoms with Crippen molar-refractivity contribution >= 4 is 11.0 Å². The number of nitrogens with two attached hydrogens (primary N) is 1. The molecule has 0 saturated heterocycles. The van der Waals surface area contributed by atoms with Crippen molar-refractivity contribution in [1.82, 2.24) is 0 Å². The second-order valence-electron chi connectivity index (χ2n) is 6.76. The Balaban J connectivity index is 2.66. The van der Waals surface area contributed by atoms with Gasteiger partial charge in [0.25, 0.3) is 0 Å². The van der Waals surface area contributed by atoms with Gasteiger partial charge in [-0.15, -0.1) is 0 Å². The van der Waals surface area contributed by atoms with Crippen molar-refractivity contribution in [3.8, 4) is 5.75 Å². The van der Waals surface area contributed by atoms with Crippen LogP contribution in [0.4, 0.5) is 0 Å². The number of fused-ring (bicyclic) bond motifs is 1. The van der Waals surface area contributed by atoms with Crippen LogP contribution in [-0.2, 0) is 5.41 Å². The lowest BCUT2D eigenvalue weighted by Crippen LogP contribution is -2.15. The number of hydrogen-bond acceptors (Lipinski definition) is 3. The fourth-order valence-electron chi connectivity index (χ4n) is 2.31. The third kappa shape index (κ3) is 2.68. The second-order valence-corrected chi connectivity index (χ2v) is 6.76. The molecule has 3 heteroatoms. The van der Waals surface area contributed by atoms with Crippen molar-refractivity contribution in [3.05, 3.63) is 29.5 Å². The number of rotatable bonds is 3. The Labute approximate surface area is 121 Å². The standard InChI is InChI=1S/C17H25NO2/c1-10(2)15(18)14-8-11-7-12(19-6)9-13(16(11)20-14)17(3,4)5/h7-10,15H,18H2,1-6H3. The third-order valence-electron chi connectivity index (χ3n) is 3.70. The van der Waals surface area contributed by atoms with Crippen molar-refractivity contribution in [2.45, 2.75) is 46.1 Å². The molecule has 0 amide bonds. The Morgan fingerprint density at radius 1 is 1.15 bits per heavy atom. The van der Waals surface area contributed by atoms with E-state index in [1.165, 1.54) is 0 Å².